The average molecular weight is 162 g/mol. The first-order valence-corrected chi connectivity index (χ1v) is 3.87. The molecule has 0 unspecified atom stereocenters. The van der Waals surface area contributed by atoms with Gasteiger partial charge < -0.3 is 0 Å². The molecule has 0 atom stereocenters. The topological polar surface area (TPSA) is 34.1 Å². The second-order valence-corrected chi connectivity index (χ2v) is 1.42. The molecule has 50 valence electrons. The van der Waals surface area contributed by atoms with Gasteiger partial charge in [0.15, 0.2) is 0 Å². The van der Waals surface area contributed by atoms with Gasteiger partial charge >= 0.3 is 25.7 Å². The molecule has 3 heteroatoms. The van der Waals surface area contributed by atoms with Crippen molar-refractivity contribution in [2.75, 3.05) is 0 Å². The van der Waals surface area contributed by atoms with Gasteiger partial charge in [0.05, 0.1) is 0 Å². The Kier molecular flexibility index (Phi) is 20.1. The summed E-state index contributed by atoms with van der Waals surface area (Å²) in [6, 6.07) is 0. The van der Waals surface area contributed by atoms with Crippen LogP contribution in [0.2, 0.25) is 0 Å². The van der Waals surface area contributed by atoms with Gasteiger partial charge in [-0.3, -0.25) is 0 Å². The molecule has 2 nitrogen and oxygen atoms in total. The Hall–Kier alpha value is -0.206. The predicted octanol–water partition coefficient (Wildman–Crippen LogP) is 1.90. The number of allylic oxidation sites excluding steroid dienone is 3. The van der Waals surface area contributed by atoms with Gasteiger partial charge in [0.1, 0.15) is 0 Å². The summed E-state index contributed by atoms with van der Waals surface area (Å²) < 4.78 is 17.0. The fourth-order valence-corrected chi connectivity index (χ4v) is 0.232. The van der Waals surface area contributed by atoms with E-state index in [-0.39, 0.29) is 0 Å². The van der Waals surface area contributed by atoms with Crippen LogP contribution in [0.4, 0.5) is 0 Å². The molecule has 0 heterocycles. The van der Waals surface area contributed by atoms with Crippen LogP contribution in [0, 0.1) is 0 Å². The second-order valence-electron chi connectivity index (χ2n) is 1.16. The van der Waals surface area contributed by atoms with Gasteiger partial charge in [0, 0.05) is 0 Å². The van der Waals surface area contributed by atoms with Gasteiger partial charge in [-0.15, -0.1) is 0 Å². The summed E-state index contributed by atoms with van der Waals surface area (Å²) in [6.07, 6.45) is 6.89. The van der Waals surface area contributed by atoms with E-state index >= 15 is 0 Å². The van der Waals surface area contributed by atoms with E-state index < -0.39 is 19.1 Å². The van der Waals surface area contributed by atoms with E-state index in [1.807, 2.05) is 6.08 Å². The molecule has 0 fully saturated rings. The second kappa shape index (κ2) is 15.7. The van der Waals surface area contributed by atoms with E-state index in [1.54, 1.807) is 6.08 Å². The summed E-state index contributed by atoms with van der Waals surface area (Å²) in [5, 5.41) is 0. The maximum atomic E-state index is 8.50. The zero-order chi connectivity index (χ0) is 7.54. The van der Waals surface area contributed by atoms with Crippen LogP contribution >= 0.6 is 0 Å². The molecular formula is C6H10O2Ti. The van der Waals surface area contributed by atoms with Gasteiger partial charge in [0.25, 0.3) is 0 Å². The van der Waals surface area contributed by atoms with Crippen LogP contribution in [0.5, 0.6) is 0 Å². The SMILES string of the molecule is C=CC=CCC.[O]=[Ti]=[O]. The van der Waals surface area contributed by atoms with Crippen molar-refractivity contribution in [3.05, 3.63) is 24.8 Å². The predicted molar refractivity (Wildman–Crippen MR) is 31.0 cm³/mol. The molecule has 0 aliphatic carbocycles. The normalized spacial score (nSPS) is 7.22. The summed E-state index contributed by atoms with van der Waals surface area (Å²) in [5.74, 6) is 0. The Morgan fingerprint density at radius 1 is 1.56 bits per heavy atom. The van der Waals surface area contributed by atoms with Crippen LogP contribution < -0.4 is 0 Å². The molecular weight excluding hydrogens is 152 g/mol. The van der Waals surface area contributed by atoms with Gasteiger partial charge in [-0.05, 0) is 6.42 Å². The summed E-state index contributed by atoms with van der Waals surface area (Å²) in [7, 11) is 0. The van der Waals surface area contributed by atoms with Gasteiger partial charge in [0.2, 0.25) is 0 Å². The van der Waals surface area contributed by atoms with Crippen LogP contribution in [-0.2, 0) is 25.7 Å². The van der Waals surface area contributed by atoms with Crippen LogP contribution in [-0.4, -0.2) is 0 Å². The van der Waals surface area contributed by atoms with Gasteiger partial charge in [-0.2, -0.15) is 0 Å². The number of hydrogen-bond donors (Lipinski definition) is 0. The fraction of sp³-hybridized carbons (Fsp3) is 0.333. The first kappa shape index (κ1) is 11.6. The summed E-state index contributed by atoms with van der Waals surface area (Å²) in [6.45, 7) is 5.61. The monoisotopic (exact) mass is 162 g/mol. The van der Waals surface area contributed by atoms with Crippen molar-refractivity contribution in [3.8, 4) is 0 Å². The van der Waals surface area contributed by atoms with Crippen molar-refractivity contribution < 1.29 is 25.7 Å². The third-order valence-electron chi connectivity index (χ3n) is 0.508. The van der Waals surface area contributed by atoms with Crippen molar-refractivity contribution in [2.24, 2.45) is 0 Å². The van der Waals surface area contributed by atoms with Crippen LogP contribution in [0.1, 0.15) is 13.3 Å². The molecule has 0 spiro atoms. The van der Waals surface area contributed by atoms with E-state index in [4.69, 9.17) is 6.65 Å². The van der Waals surface area contributed by atoms with E-state index in [2.05, 4.69) is 19.6 Å². The van der Waals surface area contributed by atoms with E-state index in [1.165, 1.54) is 0 Å². The molecule has 0 saturated carbocycles. The first-order valence-electron chi connectivity index (χ1n) is 2.60. The van der Waals surface area contributed by atoms with E-state index in [0.717, 1.165) is 6.42 Å². The molecule has 0 aliphatic rings. The van der Waals surface area contributed by atoms with Gasteiger partial charge in [-0.1, -0.05) is 31.7 Å². The summed E-state index contributed by atoms with van der Waals surface area (Å²) in [4.78, 5) is 0. The molecule has 9 heavy (non-hydrogen) atoms. The molecule has 0 radical (unpaired) electrons. The van der Waals surface area contributed by atoms with Crippen LogP contribution in [0.25, 0.3) is 0 Å². The average Bonchev–Trinajstić information content (AvgIpc) is 1.86. The van der Waals surface area contributed by atoms with Crippen molar-refractivity contribution in [3.63, 3.8) is 0 Å². The third kappa shape index (κ3) is 33.5. The molecule has 0 rings (SSSR count). The third-order valence-corrected chi connectivity index (χ3v) is 0.508. The Balaban J connectivity index is 0. The molecule has 0 N–H and O–H groups in total. The molecule has 0 aromatic rings. The molecule has 0 aromatic heterocycles. The Bertz CT molecular complexity index is 112. The number of hydrogen-bond acceptors (Lipinski definition) is 2. The molecule has 0 amide bonds. The minimum atomic E-state index is -2.00. The van der Waals surface area contributed by atoms with Crippen molar-refractivity contribution in [1.29, 1.82) is 0 Å². The quantitative estimate of drug-likeness (QED) is 0.459. The first-order chi connectivity index (χ1) is 4.33. The molecule has 0 bridgehead atoms. The maximum absolute atomic E-state index is 8.50. The van der Waals surface area contributed by atoms with E-state index in [0.29, 0.717) is 0 Å². The molecule has 0 saturated heterocycles. The van der Waals surface area contributed by atoms with Crippen molar-refractivity contribution >= 4 is 0 Å². The summed E-state index contributed by atoms with van der Waals surface area (Å²) in [5.41, 5.74) is 0. The summed E-state index contributed by atoms with van der Waals surface area (Å²) >= 11 is -2.00. The van der Waals surface area contributed by atoms with Crippen molar-refractivity contribution in [1.82, 2.24) is 0 Å². The number of rotatable bonds is 2. The molecule has 0 aliphatic heterocycles. The van der Waals surface area contributed by atoms with Gasteiger partial charge in [-0.25, -0.2) is 0 Å². The Morgan fingerprint density at radius 3 is 2.11 bits per heavy atom. The molecule has 0 aromatic carbocycles. The fourth-order valence-electron chi connectivity index (χ4n) is 0.232. The zero-order valence-electron chi connectivity index (χ0n) is 5.46. The zero-order valence-corrected chi connectivity index (χ0v) is 7.02. The standard InChI is InChI=1S/C6H10.2O.Ti/c1-3-5-6-4-2;;;/h3,5-6H,1,4H2,2H3;;;. The van der Waals surface area contributed by atoms with Crippen LogP contribution in [0.3, 0.4) is 0 Å². The van der Waals surface area contributed by atoms with Crippen LogP contribution in [0.15, 0.2) is 24.8 Å². The van der Waals surface area contributed by atoms with Crippen molar-refractivity contribution in [2.45, 2.75) is 13.3 Å². The minimum absolute atomic E-state index is 1.10. The Labute approximate surface area is 64.2 Å². The van der Waals surface area contributed by atoms with E-state index in [9.17, 15) is 0 Å². The Morgan fingerprint density at radius 2 is 2.00 bits per heavy atom.